The molecule has 5 rings (SSSR count). The first-order chi connectivity index (χ1) is 14.4. The van der Waals surface area contributed by atoms with Crippen LogP contribution in [0.15, 0.2) is 22.6 Å². The Hall–Kier alpha value is -2.43. The van der Waals surface area contributed by atoms with E-state index >= 15 is 0 Å². The number of carbonyl (C=O) groups is 3. The smallest absolute Gasteiger partial charge is 0.404 e. The number of amides is 1. The van der Waals surface area contributed by atoms with Crippen molar-refractivity contribution in [1.82, 2.24) is 10.2 Å². The Kier molecular flexibility index (Phi) is 4.42. The highest BCUT2D eigenvalue weighted by Crippen LogP contribution is 2.55. The lowest BCUT2D eigenvalue weighted by molar-refractivity contribution is -0.137. The van der Waals surface area contributed by atoms with E-state index in [4.69, 9.17) is 24.7 Å². The van der Waals surface area contributed by atoms with Gasteiger partial charge >= 0.3 is 6.09 Å². The van der Waals surface area contributed by atoms with Crippen LogP contribution in [0.1, 0.15) is 19.8 Å². The highest BCUT2D eigenvalue weighted by atomic mass is 16.6. The van der Waals surface area contributed by atoms with E-state index in [0.29, 0.717) is 43.9 Å². The number of ether oxygens (including phenoxy) is 4. The van der Waals surface area contributed by atoms with E-state index in [0.717, 1.165) is 0 Å². The molecule has 0 aromatic rings. The van der Waals surface area contributed by atoms with Crippen molar-refractivity contribution >= 4 is 17.7 Å². The van der Waals surface area contributed by atoms with Crippen LogP contribution in [0.2, 0.25) is 0 Å². The normalized spacial score (nSPS) is 35.4. The van der Waals surface area contributed by atoms with Crippen LogP contribution in [0.4, 0.5) is 4.79 Å². The van der Waals surface area contributed by atoms with E-state index in [-0.39, 0.29) is 47.7 Å². The van der Waals surface area contributed by atoms with Crippen LogP contribution >= 0.6 is 0 Å². The number of nitrogens with zero attached hydrogens (tertiary/aromatic N) is 1. The largest absolute Gasteiger partial charge is 0.486 e. The number of fused-ring (bicyclic) bond motifs is 4. The number of primary amides is 1. The van der Waals surface area contributed by atoms with Crippen LogP contribution < -0.4 is 11.1 Å². The number of hydrogen-bond donors (Lipinski definition) is 2. The zero-order valence-electron chi connectivity index (χ0n) is 16.9. The Morgan fingerprint density at radius 3 is 2.70 bits per heavy atom. The summed E-state index contributed by atoms with van der Waals surface area (Å²) in [5.74, 6) is -1.19. The lowest BCUT2D eigenvalue weighted by Gasteiger charge is -2.39. The second kappa shape index (κ2) is 6.79. The van der Waals surface area contributed by atoms with Gasteiger partial charge in [-0.25, -0.2) is 4.79 Å². The maximum atomic E-state index is 13.6. The van der Waals surface area contributed by atoms with Gasteiger partial charge in [0.05, 0.1) is 30.9 Å². The fourth-order valence-corrected chi connectivity index (χ4v) is 5.37. The molecule has 0 radical (unpaired) electrons. The molecule has 162 valence electrons. The van der Waals surface area contributed by atoms with Gasteiger partial charge in [0.25, 0.3) is 0 Å². The molecule has 0 bridgehead atoms. The quantitative estimate of drug-likeness (QED) is 0.449. The fourth-order valence-electron chi connectivity index (χ4n) is 5.37. The van der Waals surface area contributed by atoms with E-state index in [1.165, 1.54) is 0 Å². The lowest BCUT2D eigenvalue weighted by Crippen LogP contribution is -2.55. The summed E-state index contributed by atoms with van der Waals surface area (Å²) in [6.07, 6.45) is 0.176. The number of carbonyl (C=O) groups excluding carboxylic acids is 3. The molecule has 1 aliphatic carbocycles. The molecule has 0 aromatic carbocycles. The van der Waals surface area contributed by atoms with Gasteiger partial charge in [-0.1, -0.05) is 0 Å². The van der Waals surface area contributed by atoms with Crippen molar-refractivity contribution < 1.29 is 33.3 Å². The number of allylic oxidation sites excluding steroid dienone is 2. The molecule has 4 atom stereocenters. The predicted octanol–water partition coefficient (Wildman–Crippen LogP) is -0.414. The number of ketones is 2. The molecule has 5 aliphatic rings. The fraction of sp³-hybridized carbons (Fsp3) is 0.650. The van der Waals surface area contributed by atoms with E-state index in [2.05, 4.69) is 5.32 Å². The van der Waals surface area contributed by atoms with Gasteiger partial charge in [0.15, 0.2) is 11.5 Å². The van der Waals surface area contributed by atoms with Crippen molar-refractivity contribution in [3.8, 4) is 0 Å². The lowest BCUT2D eigenvalue weighted by atomic mass is 9.83. The van der Waals surface area contributed by atoms with Gasteiger partial charge < -0.3 is 34.9 Å². The topological polar surface area (TPSA) is 139 Å². The van der Waals surface area contributed by atoms with E-state index in [1.54, 1.807) is 14.0 Å². The second-order valence-corrected chi connectivity index (χ2v) is 8.30. The Labute approximate surface area is 173 Å². The predicted molar refractivity (Wildman–Crippen MR) is 101 cm³/mol. The molecule has 0 saturated carbocycles. The summed E-state index contributed by atoms with van der Waals surface area (Å²) in [5, 5.41) is 3.33. The summed E-state index contributed by atoms with van der Waals surface area (Å²) >= 11 is 0. The Morgan fingerprint density at radius 2 is 2.03 bits per heavy atom. The number of piperazine rings is 1. The minimum Gasteiger partial charge on any atom is -0.486 e. The molecule has 10 heteroatoms. The average Bonchev–Trinajstić information content (AvgIpc) is 3.35. The van der Waals surface area contributed by atoms with Gasteiger partial charge in [-0.15, -0.1) is 0 Å². The number of Topliss-reactive ketones (excluding diaryl/α,β-unsaturated/α-hetero) is 2. The molecule has 3 N–H and O–H groups in total. The first-order valence-electron chi connectivity index (χ1n) is 10.2. The van der Waals surface area contributed by atoms with Gasteiger partial charge in [0.1, 0.15) is 12.7 Å². The van der Waals surface area contributed by atoms with Crippen LogP contribution in [0.3, 0.4) is 0 Å². The monoisotopic (exact) mass is 419 g/mol. The highest BCUT2D eigenvalue weighted by molar-refractivity contribution is 6.25. The molecule has 0 spiro atoms. The molecule has 0 aromatic heterocycles. The first-order valence-corrected chi connectivity index (χ1v) is 10.2. The summed E-state index contributed by atoms with van der Waals surface area (Å²) in [4.78, 5) is 40.2. The van der Waals surface area contributed by atoms with E-state index in [9.17, 15) is 14.4 Å². The molecule has 30 heavy (non-hydrogen) atoms. The molecule has 3 fully saturated rings. The average molecular weight is 419 g/mol. The SMILES string of the molecule is CO[C@@]12C(COC(N)=O)C3=C(C(=O)C(C)=C(OC4CCOCC4)C3=O)N1CC1NC12. The van der Waals surface area contributed by atoms with Crippen LogP contribution in [-0.2, 0) is 28.5 Å². The molecule has 4 aliphatic heterocycles. The number of methoxy groups -OCH3 is 1. The van der Waals surface area contributed by atoms with Gasteiger partial charge in [0, 0.05) is 43.7 Å². The Balaban J connectivity index is 1.53. The van der Waals surface area contributed by atoms with Crippen LogP contribution in [-0.4, -0.2) is 79.9 Å². The van der Waals surface area contributed by atoms with E-state index < -0.39 is 17.7 Å². The maximum Gasteiger partial charge on any atom is 0.404 e. The second-order valence-electron chi connectivity index (χ2n) is 8.30. The number of nitrogens with two attached hydrogens (primary N) is 1. The molecule has 3 saturated heterocycles. The van der Waals surface area contributed by atoms with Crippen LogP contribution in [0.5, 0.6) is 0 Å². The van der Waals surface area contributed by atoms with Crippen molar-refractivity contribution in [2.75, 3.05) is 33.5 Å². The van der Waals surface area contributed by atoms with Gasteiger partial charge in [-0.3, -0.25) is 9.59 Å². The van der Waals surface area contributed by atoms with Crippen LogP contribution in [0.25, 0.3) is 0 Å². The zero-order valence-corrected chi connectivity index (χ0v) is 16.9. The van der Waals surface area contributed by atoms with Crippen molar-refractivity contribution in [3.63, 3.8) is 0 Å². The summed E-state index contributed by atoms with van der Waals surface area (Å²) < 4.78 is 22.4. The summed E-state index contributed by atoms with van der Waals surface area (Å²) in [6.45, 7) is 3.10. The minimum absolute atomic E-state index is 0.0717. The first kappa shape index (κ1) is 19.5. The molecule has 1 amide bonds. The van der Waals surface area contributed by atoms with E-state index in [1.807, 2.05) is 4.90 Å². The third kappa shape index (κ3) is 2.57. The summed E-state index contributed by atoms with van der Waals surface area (Å²) in [6, 6.07) is 0.0810. The van der Waals surface area contributed by atoms with Crippen molar-refractivity contribution in [1.29, 1.82) is 0 Å². The molecule has 4 heterocycles. The molecular weight excluding hydrogens is 394 g/mol. The minimum atomic E-state index is -0.982. The number of rotatable bonds is 5. The van der Waals surface area contributed by atoms with Gasteiger partial charge in [-0.2, -0.15) is 0 Å². The third-order valence-electron chi connectivity index (χ3n) is 6.83. The maximum absolute atomic E-state index is 13.6. The molecule has 10 nitrogen and oxygen atoms in total. The third-order valence-corrected chi connectivity index (χ3v) is 6.83. The summed E-state index contributed by atoms with van der Waals surface area (Å²) in [7, 11) is 1.54. The standard InChI is InChI=1S/C20H25N3O7/c1-9-15(24)14-13(16(25)17(9)30-10-3-5-28-6-4-10)11(8-29-19(21)26)20(27-2)18-12(22-18)7-23(14)20/h10-12,18,22H,3-8H2,1-2H3,(H2,21,26)/t11?,12?,18?,20-/m1/s1. The summed E-state index contributed by atoms with van der Waals surface area (Å²) in [5.41, 5.74) is 5.11. The van der Waals surface area contributed by atoms with Crippen LogP contribution in [0, 0.1) is 5.92 Å². The van der Waals surface area contributed by atoms with Gasteiger partial charge in [-0.05, 0) is 6.92 Å². The molecular formula is C20H25N3O7. The van der Waals surface area contributed by atoms with Crippen molar-refractivity contribution in [2.24, 2.45) is 11.7 Å². The number of hydrogen-bond acceptors (Lipinski definition) is 9. The number of nitrogens with one attached hydrogen (secondary N) is 1. The van der Waals surface area contributed by atoms with Crippen molar-refractivity contribution in [2.45, 2.75) is 43.7 Å². The highest BCUT2D eigenvalue weighted by Gasteiger charge is 2.72. The van der Waals surface area contributed by atoms with Crippen molar-refractivity contribution in [3.05, 3.63) is 22.6 Å². The Morgan fingerprint density at radius 1 is 1.30 bits per heavy atom. The van der Waals surface area contributed by atoms with Gasteiger partial charge in [0.2, 0.25) is 11.6 Å². The zero-order chi connectivity index (χ0) is 21.2. The molecule has 3 unspecified atom stereocenters. The Bertz CT molecular complexity index is 891.